The lowest BCUT2D eigenvalue weighted by atomic mass is 9.84. The molecule has 1 aromatic heterocycles. The van der Waals surface area contributed by atoms with Gasteiger partial charge in [-0.25, -0.2) is 4.98 Å². The molecule has 2 aliphatic carbocycles. The number of piperazine rings is 1. The van der Waals surface area contributed by atoms with Gasteiger partial charge < -0.3 is 15.1 Å². The van der Waals surface area contributed by atoms with Crippen molar-refractivity contribution in [2.45, 2.75) is 38.6 Å². The highest BCUT2D eigenvalue weighted by molar-refractivity contribution is 5.95. The van der Waals surface area contributed by atoms with Crippen molar-refractivity contribution in [1.29, 1.82) is 0 Å². The smallest absolute Gasteiger partial charge is 0.251 e. The molecule has 0 radical (unpaired) electrons. The van der Waals surface area contributed by atoms with Gasteiger partial charge in [-0.2, -0.15) is 0 Å². The zero-order valence-electron chi connectivity index (χ0n) is 15.4. The maximum Gasteiger partial charge on any atom is 0.251 e. The Bertz CT molecular complexity index is 626. The van der Waals surface area contributed by atoms with Gasteiger partial charge in [0.05, 0.1) is 0 Å². The first-order valence-corrected chi connectivity index (χ1v) is 9.80. The van der Waals surface area contributed by atoms with Crippen molar-refractivity contribution in [3.05, 3.63) is 23.9 Å². The zero-order chi connectivity index (χ0) is 17.4. The predicted octanol–water partition coefficient (Wildman–Crippen LogP) is 2.39. The molecule has 1 aromatic rings. The number of aromatic nitrogens is 1. The molecule has 0 spiro atoms. The molecule has 4 atom stereocenters. The van der Waals surface area contributed by atoms with Crippen LogP contribution < -0.4 is 10.2 Å². The van der Waals surface area contributed by atoms with E-state index in [1.54, 1.807) is 6.20 Å². The fraction of sp³-hybridized carbons (Fsp3) is 0.700. The van der Waals surface area contributed by atoms with Gasteiger partial charge in [-0.1, -0.05) is 6.42 Å². The average Bonchev–Trinajstić information content (AvgIpc) is 3.26. The summed E-state index contributed by atoms with van der Waals surface area (Å²) < 4.78 is 0. The number of hydrogen-bond donors (Lipinski definition) is 1. The zero-order valence-corrected chi connectivity index (χ0v) is 15.4. The van der Waals surface area contributed by atoms with Crippen molar-refractivity contribution < 1.29 is 4.79 Å². The number of anilines is 1. The largest absolute Gasteiger partial charge is 0.354 e. The minimum Gasteiger partial charge on any atom is -0.354 e. The van der Waals surface area contributed by atoms with Crippen LogP contribution in [-0.4, -0.2) is 55.1 Å². The van der Waals surface area contributed by atoms with Gasteiger partial charge >= 0.3 is 0 Å². The molecule has 4 unspecified atom stereocenters. The molecule has 1 N–H and O–H groups in total. The summed E-state index contributed by atoms with van der Waals surface area (Å²) in [7, 11) is 2.14. The topological polar surface area (TPSA) is 48.5 Å². The molecule has 1 aliphatic heterocycles. The van der Waals surface area contributed by atoms with E-state index < -0.39 is 0 Å². The summed E-state index contributed by atoms with van der Waals surface area (Å²) in [5.41, 5.74) is 0.735. The van der Waals surface area contributed by atoms with Crippen LogP contribution in [0.2, 0.25) is 0 Å². The molecule has 3 aliphatic rings. The predicted molar refractivity (Wildman–Crippen MR) is 99.8 cm³/mol. The first kappa shape index (κ1) is 16.8. The highest BCUT2D eigenvalue weighted by Crippen LogP contribution is 2.49. The number of pyridine rings is 1. The van der Waals surface area contributed by atoms with Crippen LogP contribution in [0.3, 0.4) is 0 Å². The summed E-state index contributed by atoms with van der Waals surface area (Å²) in [5, 5.41) is 3.27. The third kappa shape index (κ3) is 3.52. The fourth-order valence-electron chi connectivity index (χ4n) is 5.07. The molecule has 2 bridgehead atoms. The van der Waals surface area contributed by atoms with Gasteiger partial charge in [0.15, 0.2) is 0 Å². The SMILES string of the molecule is CC(NC(=O)c1ccnc(N2CCN(C)CC2)c1)C1CC2CCC1C2. The second kappa shape index (κ2) is 6.94. The van der Waals surface area contributed by atoms with E-state index in [1.165, 1.54) is 25.7 Å². The lowest BCUT2D eigenvalue weighted by Gasteiger charge is -2.33. The lowest BCUT2D eigenvalue weighted by Crippen LogP contribution is -2.45. The van der Waals surface area contributed by atoms with Crippen LogP contribution in [0.1, 0.15) is 43.0 Å². The Morgan fingerprint density at radius 3 is 2.72 bits per heavy atom. The van der Waals surface area contributed by atoms with Gasteiger partial charge in [0.1, 0.15) is 5.82 Å². The molecule has 0 aromatic carbocycles. The number of carbonyl (C=O) groups excluding carboxylic acids is 1. The number of fused-ring (bicyclic) bond motifs is 2. The third-order valence-corrected chi connectivity index (χ3v) is 6.63. The van der Waals surface area contributed by atoms with Gasteiger partial charge in [-0.05, 0) is 63.1 Å². The first-order valence-electron chi connectivity index (χ1n) is 9.80. The quantitative estimate of drug-likeness (QED) is 0.913. The minimum absolute atomic E-state index is 0.0491. The van der Waals surface area contributed by atoms with Crippen molar-refractivity contribution >= 4 is 11.7 Å². The van der Waals surface area contributed by atoms with Gasteiger partial charge in [-0.15, -0.1) is 0 Å². The van der Waals surface area contributed by atoms with Crippen molar-refractivity contribution in [3.63, 3.8) is 0 Å². The van der Waals surface area contributed by atoms with Crippen molar-refractivity contribution in [2.24, 2.45) is 17.8 Å². The maximum atomic E-state index is 12.7. The molecule has 3 fully saturated rings. The molecular weight excluding hydrogens is 312 g/mol. The standard InChI is InChI=1S/C20H30N4O/c1-14(18-12-15-3-4-16(18)11-15)22-20(25)17-5-6-21-19(13-17)24-9-7-23(2)8-10-24/h5-6,13-16,18H,3-4,7-12H2,1-2H3,(H,22,25). The first-order chi connectivity index (χ1) is 12.1. The van der Waals surface area contributed by atoms with E-state index in [9.17, 15) is 4.79 Å². The number of nitrogens with one attached hydrogen (secondary N) is 1. The van der Waals surface area contributed by atoms with Crippen LogP contribution in [0.15, 0.2) is 18.3 Å². The second-order valence-electron chi connectivity index (χ2n) is 8.29. The van der Waals surface area contributed by atoms with Crippen molar-refractivity contribution in [2.75, 3.05) is 38.1 Å². The number of likely N-dealkylation sites (N-methyl/N-ethyl adjacent to an activating group) is 1. The fourth-order valence-corrected chi connectivity index (χ4v) is 5.07. The van der Waals surface area contributed by atoms with E-state index in [2.05, 4.69) is 34.1 Å². The summed E-state index contributed by atoms with van der Waals surface area (Å²) in [6, 6.07) is 4.06. The normalized spacial score (nSPS) is 30.5. The average molecular weight is 342 g/mol. The Kier molecular flexibility index (Phi) is 4.67. The molecule has 1 amide bonds. The summed E-state index contributed by atoms with van der Waals surface area (Å²) in [4.78, 5) is 21.8. The van der Waals surface area contributed by atoms with E-state index in [0.717, 1.165) is 49.4 Å². The number of nitrogens with zero attached hydrogens (tertiary/aromatic N) is 3. The number of amides is 1. The van der Waals surface area contributed by atoms with E-state index in [0.29, 0.717) is 5.92 Å². The molecule has 136 valence electrons. The maximum absolute atomic E-state index is 12.7. The summed E-state index contributed by atoms with van der Waals surface area (Å²) in [5.74, 6) is 3.39. The molecule has 25 heavy (non-hydrogen) atoms. The molecule has 1 saturated heterocycles. The summed E-state index contributed by atoms with van der Waals surface area (Å²) >= 11 is 0. The van der Waals surface area contributed by atoms with Crippen LogP contribution >= 0.6 is 0 Å². The van der Waals surface area contributed by atoms with Gasteiger partial charge in [0.25, 0.3) is 5.91 Å². The van der Waals surface area contributed by atoms with Crippen LogP contribution in [-0.2, 0) is 0 Å². The Morgan fingerprint density at radius 2 is 2.04 bits per heavy atom. The number of rotatable bonds is 4. The molecule has 5 heteroatoms. The highest BCUT2D eigenvalue weighted by Gasteiger charge is 2.42. The molecule has 5 nitrogen and oxygen atoms in total. The molecule has 2 heterocycles. The molecular formula is C20H30N4O. The number of hydrogen-bond acceptors (Lipinski definition) is 4. The molecule has 4 rings (SSSR count). The Hall–Kier alpha value is -1.62. The Labute approximate surface area is 150 Å². The van der Waals surface area contributed by atoms with Crippen molar-refractivity contribution in [1.82, 2.24) is 15.2 Å². The molecule has 2 saturated carbocycles. The van der Waals surface area contributed by atoms with Crippen LogP contribution in [0.25, 0.3) is 0 Å². The van der Waals surface area contributed by atoms with Crippen molar-refractivity contribution in [3.8, 4) is 0 Å². The Morgan fingerprint density at radius 1 is 1.24 bits per heavy atom. The van der Waals surface area contributed by atoms with Gasteiger partial charge in [-0.3, -0.25) is 4.79 Å². The van der Waals surface area contributed by atoms with E-state index in [1.807, 2.05) is 12.1 Å². The monoisotopic (exact) mass is 342 g/mol. The van der Waals surface area contributed by atoms with Gasteiger partial charge in [0, 0.05) is 44.0 Å². The minimum atomic E-state index is 0.0491. The third-order valence-electron chi connectivity index (χ3n) is 6.63. The van der Waals surface area contributed by atoms with E-state index in [-0.39, 0.29) is 11.9 Å². The highest BCUT2D eigenvalue weighted by atomic mass is 16.1. The van der Waals surface area contributed by atoms with Gasteiger partial charge in [0.2, 0.25) is 0 Å². The summed E-state index contributed by atoms with van der Waals surface area (Å²) in [6.07, 6.45) is 7.21. The van der Waals surface area contributed by atoms with Crippen LogP contribution in [0, 0.1) is 17.8 Å². The number of carbonyl (C=O) groups is 1. The van der Waals surface area contributed by atoms with Crippen LogP contribution in [0.4, 0.5) is 5.82 Å². The Balaban J connectivity index is 1.39. The van der Waals surface area contributed by atoms with E-state index in [4.69, 9.17) is 0 Å². The summed E-state index contributed by atoms with van der Waals surface area (Å²) in [6.45, 7) is 6.21. The lowest BCUT2D eigenvalue weighted by molar-refractivity contribution is 0.0915. The second-order valence-corrected chi connectivity index (χ2v) is 8.29. The van der Waals surface area contributed by atoms with Crippen LogP contribution in [0.5, 0.6) is 0 Å². The van der Waals surface area contributed by atoms with E-state index >= 15 is 0 Å².